The van der Waals surface area contributed by atoms with Gasteiger partial charge in [-0.05, 0) is 123 Å². The summed E-state index contributed by atoms with van der Waals surface area (Å²) in [5.41, 5.74) is 20.4. The Kier molecular flexibility index (Phi) is 28.2. The maximum atomic E-state index is 11.5. The van der Waals surface area contributed by atoms with Gasteiger partial charge in [-0.1, -0.05) is 173 Å². The van der Waals surface area contributed by atoms with Crippen molar-refractivity contribution in [2.75, 3.05) is 6.26 Å². The number of benzene rings is 9. The van der Waals surface area contributed by atoms with Gasteiger partial charge in [0.1, 0.15) is 0 Å². The molecule has 0 saturated heterocycles. The predicted molar refractivity (Wildman–Crippen MR) is 401 cm³/mol. The Balaban J connectivity index is 0.000000167. The van der Waals surface area contributed by atoms with Crippen molar-refractivity contribution in [3.63, 3.8) is 0 Å². The van der Waals surface area contributed by atoms with Gasteiger partial charge in [0, 0.05) is 148 Å². The molecule has 6 aromatic heterocycles. The van der Waals surface area contributed by atoms with Crippen molar-refractivity contribution in [2.45, 2.75) is 91.4 Å². The van der Waals surface area contributed by atoms with Crippen LogP contribution in [0.5, 0.6) is 0 Å². The van der Waals surface area contributed by atoms with Gasteiger partial charge in [-0.25, -0.2) is 11.3 Å². The Morgan fingerprint density at radius 1 is 0.551 bits per heavy atom. The minimum absolute atomic E-state index is 0. The molecule has 98 heavy (non-hydrogen) atoms. The zero-order chi connectivity index (χ0) is 65.4. The monoisotopic (exact) mass is 2090 g/mol. The third kappa shape index (κ3) is 17.1. The van der Waals surface area contributed by atoms with Crippen LogP contribution in [0.3, 0.4) is 0 Å². The number of para-hydroxylation sites is 3. The van der Waals surface area contributed by atoms with E-state index in [1.165, 1.54) is 76.9 Å². The van der Waals surface area contributed by atoms with Crippen LogP contribution in [-0.2, 0) is 91.2 Å². The number of aromatic nitrogens is 6. The summed E-state index contributed by atoms with van der Waals surface area (Å²) in [4.78, 5) is 20.8. The molecular formula is C82H72Ir4N6OS5-4. The number of nitrogens with zero attached hydrogens (tertiary/aromatic N) is 6. The van der Waals surface area contributed by atoms with E-state index < -0.39 is 10.8 Å². The van der Waals surface area contributed by atoms with E-state index in [2.05, 4.69) is 244 Å². The van der Waals surface area contributed by atoms with Crippen LogP contribution in [0.25, 0.3) is 108 Å². The molecule has 506 valence electrons. The van der Waals surface area contributed by atoms with Gasteiger partial charge in [0.2, 0.25) is 0 Å². The van der Waals surface area contributed by atoms with Crippen molar-refractivity contribution >= 4 is 87.4 Å². The maximum Gasteiger partial charge on any atom is 0.0703 e. The van der Waals surface area contributed by atoms with E-state index in [9.17, 15) is 4.21 Å². The number of thiophene rings is 2. The van der Waals surface area contributed by atoms with Gasteiger partial charge >= 0.3 is 0 Å². The Labute approximate surface area is 649 Å². The minimum Gasteiger partial charge on any atom is -0.352 e. The average molecular weight is 2090 g/mol. The van der Waals surface area contributed by atoms with E-state index in [0.717, 1.165) is 76.0 Å². The molecule has 2 atom stereocenters. The maximum absolute atomic E-state index is 11.5. The zero-order valence-electron chi connectivity index (χ0n) is 55.8. The first-order chi connectivity index (χ1) is 45.8. The van der Waals surface area contributed by atoms with Crippen LogP contribution in [0.1, 0.15) is 99.1 Å². The predicted octanol–water partition coefficient (Wildman–Crippen LogP) is 23.2. The second-order valence-corrected chi connectivity index (χ2v) is 28.8. The van der Waals surface area contributed by atoms with Gasteiger partial charge < -0.3 is 9.13 Å². The summed E-state index contributed by atoms with van der Waals surface area (Å²) in [5, 5.41) is 12.0. The van der Waals surface area contributed by atoms with E-state index in [1.807, 2.05) is 78.6 Å². The number of thiazole rings is 2. The largest absolute Gasteiger partial charge is 0.352 e. The molecule has 2 unspecified atom stereocenters. The van der Waals surface area contributed by atoms with Gasteiger partial charge in [0.15, 0.2) is 0 Å². The van der Waals surface area contributed by atoms with E-state index >= 15 is 0 Å². The Bertz CT molecular complexity index is 5050. The summed E-state index contributed by atoms with van der Waals surface area (Å²) in [6.07, 6.45) is 8.69. The van der Waals surface area contributed by atoms with Crippen LogP contribution in [0.15, 0.2) is 228 Å². The fourth-order valence-electron chi connectivity index (χ4n) is 11.8. The molecule has 0 N–H and O–H groups in total. The van der Waals surface area contributed by atoms with Crippen molar-refractivity contribution in [1.82, 2.24) is 29.1 Å². The van der Waals surface area contributed by atoms with Crippen LogP contribution in [0, 0.1) is 44.4 Å². The van der Waals surface area contributed by atoms with E-state index in [-0.39, 0.29) is 80.4 Å². The van der Waals surface area contributed by atoms with Crippen molar-refractivity contribution < 1.29 is 84.6 Å². The Morgan fingerprint density at radius 2 is 1.22 bits per heavy atom. The van der Waals surface area contributed by atoms with Crippen molar-refractivity contribution in [1.29, 1.82) is 0 Å². The van der Waals surface area contributed by atoms with Crippen LogP contribution in [-0.4, -0.2) is 39.5 Å². The summed E-state index contributed by atoms with van der Waals surface area (Å²) < 4.78 is 18.4. The summed E-state index contributed by atoms with van der Waals surface area (Å²) in [7, 11) is -0.974. The smallest absolute Gasteiger partial charge is 0.0703 e. The molecule has 0 saturated carbocycles. The second kappa shape index (κ2) is 35.8. The number of hydrogen-bond donors (Lipinski definition) is 0. The normalized spacial score (nSPS) is 11.4. The first-order valence-corrected chi connectivity index (χ1v) is 36.6. The Hall–Kier alpha value is -6.41. The molecule has 0 fully saturated rings. The molecule has 16 heteroatoms. The summed E-state index contributed by atoms with van der Waals surface area (Å²) >= 11 is 6.65. The zero-order valence-corrected chi connectivity index (χ0v) is 69.4. The summed E-state index contributed by atoms with van der Waals surface area (Å²) in [5.74, 6) is 3.29. The molecule has 4 radical (unpaired) electrons. The van der Waals surface area contributed by atoms with Gasteiger partial charge in [-0.3, -0.25) is 35.5 Å². The molecule has 0 spiro atoms. The van der Waals surface area contributed by atoms with Crippen LogP contribution >= 0.6 is 45.3 Å². The average Bonchev–Trinajstić information content (AvgIpc) is 1.53. The number of aryl methyl sites for hydroxylation is 3. The number of hydrogen-bond acceptors (Lipinski definition) is 9. The first-order valence-electron chi connectivity index (χ1n) is 31.6. The molecule has 0 aliphatic carbocycles. The minimum atomic E-state index is -0.974. The first kappa shape index (κ1) is 77.3. The van der Waals surface area contributed by atoms with Gasteiger partial charge in [-0.15, -0.1) is 82.0 Å². The van der Waals surface area contributed by atoms with Crippen molar-refractivity contribution in [3.8, 4) is 77.0 Å². The molecule has 0 amide bonds. The third-order valence-corrected chi connectivity index (χ3v) is 21.3. The van der Waals surface area contributed by atoms with Gasteiger partial charge in [0.05, 0.1) is 33.1 Å². The van der Waals surface area contributed by atoms with E-state index in [0.29, 0.717) is 17.8 Å². The molecular weight excluding hydrogens is 2010 g/mol. The molecule has 9 aromatic carbocycles. The number of imidazole rings is 2. The second-order valence-electron chi connectivity index (χ2n) is 23.8. The SMILES string of the molecule is CCC(C)c1cccc(C(C)C)c1-n1c(-c2ccccc2)cnc1-c1[c-]scc1.CS(=O)c1cc[c-]c(-c2nc3ccccc3s2)c1.Cc1ccc2ccccc2c1-c1c(C)ccc2nc(-c3[c-]cccc3)sc12.Cc1cccc(C(C)C)c1-n1ccnc1-c1[c-]ccs1.[Ir].[Ir].[Ir].[Ir]. The molecule has 15 rings (SSSR count). The van der Waals surface area contributed by atoms with Crippen molar-refractivity contribution in [3.05, 3.63) is 280 Å². The number of fused-ring (bicyclic) bond motifs is 3. The fraction of sp³-hybridized carbons (Fsp3) is 0.171. The quantitative estimate of drug-likeness (QED) is 0.108. The molecule has 15 aromatic rings. The molecule has 7 nitrogen and oxygen atoms in total. The van der Waals surface area contributed by atoms with Crippen LogP contribution < -0.4 is 0 Å². The van der Waals surface area contributed by atoms with Gasteiger partial charge in [-0.2, -0.15) is 40.9 Å². The summed E-state index contributed by atoms with van der Waals surface area (Å²) in [6, 6.07) is 76.6. The third-order valence-electron chi connectivity index (χ3n) is 16.8. The summed E-state index contributed by atoms with van der Waals surface area (Å²) in [6.45, 7) is 20.1. The molecule has 0 aliphatic heterocycles. The molecule has 0 aliphatic rings. The van der Waals surface area contributed by atoms with Crippen molar-refractivity contribution in [2.24, 2.45) is 0 Å². The fourth-order valence-corrected chi connectivity index (χ4v) is 15.7. The van der Waals surface area contributed by atoms with Crippen LogP contribution in [0.2, 0.25) is 0 Å². The number of rotatable bonds is 13. The standard InChI is InChI=1S/C26H27N2S.C25H18NS.C17H17N2S.C14H10NOS2.4Ir/c1-5-19(4)23-13-9-12-22(18(2)3)25(23)28-24(20-10-7-6-8-11-20)16-27-26(28)21-14-15-29-17-21;1-16-12-14-18-8-6-7-11-20(18)22(16)23-17(2)13-15-21-24(23)27-25(26-21)19-9-4-3-5-10-19;1-12(2)14-7-4-6-13(3)16(14)19-10-9-18-17(19)15-8-5-11-20-15;1-18(16)11-6-4-5-10(9-11)14-15-12-7-2-3-8-13(12)17-14;;;;/h6-16,18-19H,5H2,1-4H3;3-9,11-15H,1-2H3;4-7,9-12H,1-3H3;2-4,6-9H,1H3;;;;/q4*-1;;;;. The van der Waals surface area contributed by atoms with E-state index in [4.69, 9.17) is 9.97 Å². The molecule has 0 bridgehead atoms. The van der Waals surface area contributed by atoms with Crippen LogP contribution in [0.4, 0.5) is 0 Å². The van der Waals surface area contributed by atoms with Gasteiger partial charge in [0.25, 0.3) is 0 Å². The Morgan fingerprint density at radius 3 is 1.93 bits per heavy atom. The van der Waals surface area contributed by atoms with E-state index in [1.54, 1.807) is 57.7 Å². The molecule has 6 heterocycles. The topological polar surface area (TPSA) is 78.5 Å².